The van der Waals surface area contributed by atoms with Crippen molar-refractivity contribution in [3.05, 3.63) is 24.3 Å². The van der Waals surface area contributed by atoms with Crippen LogP contribution < -0.4 is 15.0 Å². The lowest BCUT2D eigenvalue weighted by Gasteiger charge is -2.19. The minimum absolute atomic E-state index is 0.125. The summed E-state index contributed by atoms with van der Waals surface area (Å²) in [6.07, 6.45) is 0. The van der Waals surface area contributed by atoms with Crippen LogP contribution in [0.4, 0.5) is 0 Å². The quantitative estimate of drug-likeness (QED) is 0.804. The molecule has 1 rings (SSSR count). The number of para-hydroxylation sites is 2. The molecule has 1 aromatic rings. The topological polar surface area (TPSA) is 56.8 Å². The van der Waals surface area contributed by atoms with Crippen LogP contribution in [0, 0.1) is 0 Å². The van der Waals surface area contributed by atoms with E-state index >= 15 is 0 Å². The summed E-state index contributed by atoms with van der Waals surface area (Å²) in [6.45, 7) is 7.84. The highest BCUT2D eigenvalue weighted by Crippen LogP contribution is 2.26. The molecule has 0 saturated heterocycles. The van der Waals surface area contributed by atoms with E-state index in [2.05, 4.69) is 5.48 Å². The molecule has 1 N–H and O–H groups in total. The molecule has 0 spiro atoms. The zero-order valence-corrected chi connectivity index (χ0v) is 11.9. The predicted molar refractivity (Wildman–Crippen MR) is 72.1 cm³/mol. The van der Waals surface area contributed by atoms with Crippen LogP contribution in [-0.4, -0.2) is 24.7 Å². The maximum absolute atomic E-state index is 11.5. The molecule has 0 saturated carbocycles. The summed E-state index contributed by atoms with van der Waals surface area (Å²) in [4.78, 5) is 16.7. The van der Waals surface area contributed by atoms with Crippen LogP contribution in [0.1, 0.15) is 27.7 Å². The van der Waals surface area contributed by atoms with E-state index < -0.39 is 5.60 Å². The normalized spacial score (nSPS) is 10.9. The van der Waals surface area contributed by atoms with Gasteiger partial charge in [-0.05, 0) is 39.8 Å². The molecule has 0 heterocycles. The first-order valence-corrected chi connectivity index (χ1v) is 6.24. The third-order valence-electron chi connectivity index (χ3n) is 1.98. The van der Waals surface area contributed by atoms with Gasteiger partial charge in [-0.2, -0.15) is 0 Å². The number of carbonyl (C=O) groups is 1. The Hall–Kier alpha value is -1.75. The van der Waals surface area contributed by atoms with Gasteiger partial charge in [0.05, 0.1) is 12.2 Å². The highest BCUT2D eigenvalue weighted by molar-refractivity contribution is 5.76. The first-order valence-electron chi connectivity index (χ1n) is 6.24. The van der Waals surface area contributed by atoms with Gasteiger partial charge in [-0.1, -0.05) is 12.1 Å². The maximum atomic E-state index is 11.5. The van der Waals surface area contributed by atoms with E-state index in [0.717, 1.165) is 0 Å². The molecule has 0 aliphatic rings. The van der Waals surface area contributed by atoms with E-state index in [1.165, 1.54) is 0 Å². The Morgan fingerprint density at radius 1 is 1.16 bits per heavy atom. The molecule has 0 aliphatic carbocycles. The molecule has 5 nitrogen and oxygen atoms in total. The predicted octanol–water partition coefficient (Wildman–Crippen LogP) is 2.31. The van der Waals surface area contributed by atoms with Crippen molar-refractivity contribution in [1.29, 1.82) is 0 Å². The van der Waals surface area contributed by atoms with E-state index in [9.17, 15) is 4.79 Å². The summed E-state index contributed by atoms with van der Waals surface area (Å²) in [5.74, 6) is 0.811. The van der Waals surface area contributed by atoms with E-state index in [1.807, 2.05) is 39.8 Å². The third-order valence-corrected chi connectivity index (χ3v) is 1.98. The molecule has 0 atom stereocenters. The Balaban J connectivity index is 2.46. The standard InChI is InChI=1S/C14H21NO4/c1-5-17-11-8-6-7-9-12(11)18-10-13(16)15-19-14(2,3)4/h6-9H,5,10H2,1-4H3,(H,15,16). The number of nitrogens with one attached hydrogen (secondary N) is 1. The summed E-state index contributed by atoms with van der Waals surface area (Å²) in [5, 5.41) is 0. The molecule has 1 aromatic carbocycles. The number of amides is 1. The Labute approximate surface area is 113 Å². The Morgan fingerprint density at radius 2 is 1.74 bits per heavy atom. The highest BCUT2D eigenvalue weighted by atomic mass is 16.7. The fraction of sp³-hybridized carbons (Fsp3) is 0.500. The smallest absolute Gasteiger partial charge is 0.281 e. The molecule has 0 unspecified atom stereocenters. The Bertz CT molecular complexity index is 412. The first kappa shape index (κ1) is 15.3. The van der Waals surface area contributed by atoms with Crippen LogP contribution in [0.15, 0.2) is 24.3 Å². The second-order valence-corrected chi connectivity index (χ2v) is 4.91. The van der Waals surface area contributed by atoms with E-state index in [1.54, 1.807) is 12.1 Å². The molecule has 1 amide bonds. The number of benzene rings is 1. The monoisotopic (exact) mass is 267 g/mol. The summed E-state index contributed by atoms with van der Waals surface area (Å²) in [7, 11) is 0. The van der Waals surface area contributed by atoms with Gasteiger partial charge in [0.25, 0.3) is 5.91 Å². The van der Waals surface area contributed by atoms with E-state index in [0.29, 0.717) is 18.1 Å². The molecule has 5 heteroatoms. The molecular weight excluding hydrogens is 246 g/mol. The number of rotatable bonds is 6. The largest absolute Gasteiger partial charge is 0.490 e. The van der Waals surface area contributed by atoms with Gasteiger partial charge in [-0.3, -0.25) is 9.63 Å². The average molecular weight is 267 g/mol. The lowest BCUT2D eigenvalue weighted by Crippen LogP contribution is -2.36. The Kier molecular flexibility index (Phi) is 5.63. The molecule has 19 heavy (non-hydrogen) atoms. The van der Waals surface area contributed by atoms with Crippen molar-refractivity contribution in [2.45, 2.75) is 33.3 Å². The van der Waals surface area contributed by atoms with Crippen molar-refractivity contribution in [1.82, 2.24) is 5.48 Å². The molecule has 0 fully saturated rings. The summed E-state index contributed by atoms with van der Waals surface area (Å²) in [6, 6.07) is 7.22. The summed E-state index contributed by atoms with van der Waals surface area (Å²) < 4.78 is 10.8. The summed E-state index contributed by atoms with van der Waals surface area (Å²) in [5.41, 5.74) is 1.91. The van der Waals surface area contributed by atoms with Gasteiger partial charge in [0.1, 0.15) is 0 Å². The molecule has 0 bridgehead atoms. The average Bonchev–Trinajstić information content (AvgIpc) is 2.35. The fourth-order valence-corrected chi connectivity index (χ4v) is 1.23. The first-order chi connectivity index (χ1) is 8.92. The van der Waals surface area contributed by atoms with Gasteiger partial charge in [0, 0.05) is 0 Å². The lowest BCUT2D eigenvalue weighted by atomic mass is 10.2. The van der Waals surface area contributed by atoms with Gasteiger partial charge in [0.15, 0.2) is 18.1 Å². The zero-order chi connectivity index (χ0) is 14.3. The molecule has 0 aliphatic heterocycles. The van der Waals surface area contributed by atoms with Crippen molar-refractivity contribution >= 4 is 5.91 Å². The molecule has 0 aromatic heterocycles. The van der Waals surface area contributed by atoms with Gasteiger partial charge in [-0.15, -0.1) is 0 Å². The second-order valence-electron chi connectivity index (χ2n) is 4.91. The van der Waals surface area contributed by atoms with E-state index in [-0.39, 0.29) is 12.5 Å². The zero-order valence-electron chi connectivity index (χ0n) is 11.9. The highest BCUT2D eigenvalue weighted by Gasteiger charge is 2.13. The van der Waals surface area contributed by atoms with Gasteiger partial charge >= 0.3 is 0 Å². The van der Waals surface area contributed by atoms with Crippen LogP contribution in [0.3, 0.4) is 0 Å². The van der Waals surface area contributed by atoms with Crippen molar-refractivity contribution in [2.24, 2.45) is 0 Å². The van der Waals surface area contributed by atoms with Crippen molar-refractivity contribution in [3.8, 4) is 11.5 Å². The summed E-state index contributed by atoms with van der Waals surface area (Å²) >= 11 is 0. The lowest BCUT2D eigenvalue weighted by molar-refractivity contribution is -0.147. The van der Waals surface area contributed by atoms with Gasteiger partial charge in [0.2, 0.25) is 0 Å². The molecule has 0 radical (unpaired) electrons. The number of carbonyl (C=O) groups excluding carboxylic acids is 1. The number of hydrogen-bond acceptors (Lipinski definition) is 4. The Morgan fingerprint density at radius 3 is 2.26 bits per heavy atom. The van der Waals surface area contributed by atoms with Crippen molar-refractivity contribution in [3.63, 3.8) is 0 Å². The fourth-order valence-electron chi connectivity index (χ4n) is 1.23. The number of hydrogen-bond donors (Lipinski definition) is 1. The second kappa shape index (κ2) is 6.99. The SMILES string of the molecule is CCOc1ccccc1OCC(=O)NOC(C)(C)C. The van der Waals surface area contributed by atoms with Crippen LogP contribution in [-0.2, 0) is 9.63 Å². The van der Waals surface area contributed by atoms with Crippen molar-refractivity contribution in [2.75, 3.05) is 13.2 Å². The van der Waals surface area contributed by atoms with Crippen LogP contribution >= 0.6 is 0 Å². The van der Waals surface area contributed by atoms with Crippen LogP contribution in [0.2, 0.25) is 0 Å². The number of hydroxylamine groups is 1. The van der Waals surface area contributed by atoms with Crippen molar-refractivity contribution < 1.29 is 19.1 Å². The van der Waals surface area contributed by atoms with Crippen LogP contribution in [0.5, 0.6) is 11.5 Å². The van der Waals surface area contributed by atoms with Crippen LogP contribution in [0.25, 0.3) is 0 Å². The third kappa shape index (κ3) is 6.10. The van der Waals surface area contributed by atoms with E-state index in [4.69, 9.17) is 14.3 Å². The molecular formula is C14H21NO4. The molecule has 106 valence electrons. The van der Waals surface area contributed by atoms with Gasteiger partial charge < -0.3 is 9.47 Å². The number of ether oxygens (including phenoxy) is 2. The maximum Gasteiger partial charge on any atom is 0.281 e. The minimum atomic E-state index is -0.432. The van der Waals surface area contributed by atoms with Gasteiger partial charge in [-0.25, -0.2) is 5.48 Å². The minimum Gasteiger partial charge on any atom is -0.490 e.